The number of benzene rings is 1. The molecule has 1 aliphatic rings. The average Bonchev–Trinajstić information content (AvgIpc) is 2.61. The molecule has 0 unspecified atom stereocenters. The number of fused-ring (bicyclic) bond motifs is 1. The van der Waals surface area contributed by atoms with Crippen LogP contribution in [-0.2, 0) is 6.18 Å². The summed E-state index contributed by atoms with van der Waals surface area (Å²) in [5.41, 5.74) is -1.53. The third-order valence-corrected chi connectivity index (χ3v) is 2.00. The summed E-state index contributed by atoms with van der Waals surface area (Å²) in [6.45, 7) is -0.169. The van der Waals surface area contributed by atoms with E-state index in [1.165, 1.54) is 0 Å². The number of hydrogen-bond acceptors (Lipinski definition) is 3. The molecule has 0 atom stereocenters. The van der Waals surface area contributed by atoms with E-state index in [-0.39, 0.29) is 24.6 Å². The second-order valence-corrected chi connectivity index (χ2v) is 2.88. The normalized spacial score (nSPS) is 14.1. The molecule has 3 nitrogen and oxygen atoms in total. The van der Waals surface area contributed by atoms with E-state index in [1.54, 1.807) is 0 Å². The summed E-state index contributed by atoms with van der Waals surface area (Å²) in [4.78, 5) is 10.6. The zero-order valence-corrected chi connectivity index (χ0v) is 7.30. The highest BCUT2D eigenvalue weighted by molar-refractivity contribution is 5.84. The van der Waals surface area contributed by atoms with Gasteiger partial charge in [0, 0.05) is 0 Å². The number of carbonyl (C=O) groups excluding carboxylic acids is 1. The van der Waals surface area contributed by atoms with E-state index >= 15 is 0 Å². The van der Waals surface area contributed by atoms with Crippen molar-refractivity contribution in [2.24, 2.45) is 0 Å². The summed E-state index contributed by atoms with van der Waals surface area (Å²) < 4.78 is 47.0. The molecule has 0 aliphatic carbocycles. The molecule has 0 spiro atoms. The molecule has 1 aromatic rings. The summed E-state index contributed by atoms with van der Waals surface area (Å²) in [5.74, 6) is 0.0184. The van der Waals surface area contributed by atoms with Gasteiger partial charge in [-0.2, -0.15) is 13.2 Å². The van der Waals surface area contributed by atoms with E-state index in [0.29, 0.717) is 0 Å². The molecule has 0 aromatic heterocycles. The number of carbonyl (C=O) groups is 1. The number of ether oxygens (including phenoxy) is 2. The summed E-state index contributed by atoms with van der Waals surface area (Å²) in [5, 5.41) is 0. The quantitative estimate of drug-likeness (QED) is 0.678. The Labute approximate surface area is 82.4 Å². The van der Waals surface area contributed by atoms with Crippen molar-refractivity contribution < 1.29 is 27.4 Å². The fourth-order valence-electron chi connectivity index (χ4n) is 1.36. The Balaban J connectivity index is 2.63. The lowest BCUT2D eigenvalue weighted by Crippen LogP contribution is -2.09. The minimum Gasteiger partial charge on any atom is -0.454 e. The lowest BCUT2D eigenvalue weighted by molar-refractivity contribution is -0.137. The number of halogens is 3. The third kappa shape index (κ3) is 1.51. The highest BCUT2D eigenvalue weighted by Gasteiger charge is 2.36. The van der Waals surface area contributed by atoms with Gasteiger partial charge in [-0.3, -0.25) is 4.79 Å². The van der Waals surface area contributed by atoms with Gasteiger partial charge in [0.1, 0.15) is 0 Å². The fraction of sp³-hybridized carbons (Fsp3) is 0.222. The van der Waals surface area contributed by atoms with Crippen molar-refractivity contribution in [2.45, 2.75) is 6.18 Å². The number of alkyl halides is 3. The molecule has 1 aliphatic heterocycles. The van der Waals surface area contributed by atoms with E-state index < -0.39 is 17.3 Å². The Morgan fingerprint density at radius 1 is 1.27 bits per heavy atom. The third-order valence-electron chi connectivity index (χ3n) is 2.00. The van der Waals surface area contributed by atoms with Crippen LogP contribution in [0.1, 0.15) is 15.9 Å². The van der Waals surface area contributed by atoms with Crippen LogP contribution < -0.4 is 9.47 Å². The Kier molecular flexibility index (Phi) is 2.06. The first kappa shape index (κ1) is 9.82. The van der Waals surface area contributed by atoms with Crippen molar-refractivity contribution in [1.82, 2.24) is 0 Å². The smallest absolute Gasteiger partial charge is 0.417 e. The van der Waals surface area contributed by atoms with Gasteiger partial charge in [-0.25, -0.2) is 0 Å². The maximum absolute atomic E-state index is 12.4. The van der Waals surface area contributed by atoms with Crippen molar-refractivity contribution >= 4 is 6.29 Å². The molecule has 0 fully saturated rings. The van der Waals surface area contributed by atoms with Crippen LogP contribution >= 0.6 is 0 Å². The molecular weight excluding hydrogens is 213 g/mol. The first-order valence-corrected chi connectivity index (χ1v) is 3.99. The SMILES string of the molecule is O=Cc1c(C(F)(F)F)ccc2c1OCO2. The van der Waals surface area contributed by atoms with Gasteiger partial charge in [0.25, 0.3) is 0 Å². The first-order valence-electron chi connectivity index (χ1n) is 3.99. The van der Waals surface area contributed by atoms with Crippen LogP contribution in [-0.4, -0.2) is 13.1 Å². The van der Waals surface area contributed by atoms with Crippen molar-refractivity contribution in [3.8, 4) is 11.5 Å². The summed E-state index contributed by atoms with van der Waals surface area (Å²) in [6.07, 6.45) is -4.45. The highest BCUT2D eigenvalue weighted by atomic mass is 19.4. The monoisotopic (exact) mass is 218 g/mol. The minimum absolute atomic E-state index is 0.121. The van der Waals surface area contributed by atoms with Gasteiger partial charge >= 0.3 is 6.18 Å². The molecule has 0 N–H and O–H groups in total. The molecule has 0 radical (unpaired) electrons. The van der Waals surface area contributed by atoms with Gasteiger partial charge in [-0.05, 0) is 12.1 Å². The van der Waals surface area contributed by atoms with E-state index in [1.807, 2.05) is 0 Å². The van der Waals surface area contributed by atoms with Gasteiger partial charge in [0.15, 0.2) is 17.8 Å². The molecule has 0 bridgehead atoms. The molecule has 80 valence electrons. The molecular formula is C9H5F3O3. The molecule has 1 aromatic carbocycles. The summed E-state index contributed by atoms with van der Waals surface area (Å²) in [6, 6.07) is 1.94. The van der Waals surface area contributed by atoms with Crippen molar-refractivity contribution in [3.63, 3.8) is 0 Å². The van der Waals surface area contributed by atoms with E-state index in [0.717, 1.165) is 12.1 Å². The molecule has 15 heavy (non-hydrogen) atoms. The van der Waals surface area contributed by atoms with Crippen LogP contribution in [0.3, 0.4) is 0 Å². The van der Waals surface area contributed by atoms with Gasteiger partial charge in [0.2, 0.25) is 6.79 Å². The number of aldehydes is 1. The Morgan fingerprint density at radius 2 is 2.00 bits per heavy atom. The maximum Gasteiger partial charge on any atom is 0.417 e. The van der Waals surface area contributed by atoms with Crippen LogP contribution in [0.4, 0.5) is 13.2 Å². The van der Waals surface area contributed by atoms with Crippen molar-refractivity contribution in [1.29, 1.82) is 0 Å². The summed E-state index contributed by atoms with van der Waals surface area (Å²) >= 11 is 0. The van der Waals surface area contributed by atoms with Gasteiger partial charge < -0.3 is 9.47 Å². The van der Waals surface area contributed by atoms with Gasteiger partial charge in [0.05, 0.1) is 11.1 Å². The largest absolute Gasteiger partial charge is 0.454 e. The zero-order valence-electron chi connectivity index (χ0n) is 7.30. The van der Waals surface area contributed by atoms with Crippen LogP contribution in [0.2, 0.25) is 0 Å². The fourth-order valence-corrected chi connectivity index (χ4v) is 1.36. The lowest BCUT2D eigenvalue weighted by Gasteiger charge is -2.10. The van der Waals surface area contributed by atoms with Crippen LogP contribution in [0.5, 0.6) is 11.5 Å². The van der Waals surface area contributed by atoms with Gasteiger partial charge in [-0.1, -0.05) is 0 Å². The standard InChI is InChI=1S/C9H5F3O3/c10-9(11,12)6-1-2-7-8(5(6)3-13)15-4-14-7/h1-3H,4H2. The van der Waals surface area contributed by atoms with E-state index in [2.05, 4.69) is 0 Å². The minimum atomic E-state index is -4.57. The maximum atomic E-state index is 12.4. The molecule has 0 amide bonds. The van der Waals surface area contributed by atoms with Gasteiger partial charge in [-0.15, -0.1) is 0 Å². The Hall–Kier alpha value is -1.72. The summed E-state index contributed by atoms with van der Waals surface area (Å²) in [7, 11) is 0. The number of hydrogen-bond donors (Lipinski definition) is 0. The van der Waals surface area contributed by atoms with E-state index in [9.17, 15) is 18.0 Å². The predicted molar refractivity (Wildman–Crippen MR) is 43.0 cm³/mol. The molecule has 0 saturated carbocycles. The van der Waals surface area contributed by atoms with Crippen LogP contribution in [0, 0.1) is 0 Å². The van der Waals surface area contributed by atoms with Crippen LogP contribution in [0.15, 0.2) is 12.1 Å². The van der Waals surface area contributed by atoms with Crippen molar-refractivity contribution in [3.05, 3.63) is 23.3 Å². The molecule has 2 rings (SSSR count). The van der Waals surface area contributed by atoms with Crippen molar-refractivity contribution in [2.75, 3.05) is 6.79 Å². The Bertz CT molecular complexity index is 412. The Morgan fingerprint density at radius 3 is 2.60 bits per heavy atom. The first-order chi connectivity index (χ1) is 7.04. The van der Waals surface area contributed by atoms with Crippen LogP contribution in [0.25, 0.3) is 0 Å². The topological polar surface area (TPSA) is 35.5 Å². The average molecular weight is 218 g/mol. The second-order valence-electron chi connectivity index (χ2n) is 2.88. The lowest BCUT2D eigenvalue weighted by atomic mass is 10.1. The molecule has 1 heterocycles. The zero-order chi connectivity index (χ0) is 11.1. The number of rotatable bonds is 1. The van der Waals surface area contributed by atoms with E-state index in [4.69, 9.17) is 9.47 Å². The predicted octanol–water partition coefficient (Wildman–Crippen LogP) is 2.25. The molecule has 0 saturated heterocycles. The second kappa shape index (κ2) is 3.15. The highest BCUT2D eigenvalue weighted by Crippen LogP contribution is 2.42. The molecule has 6 heteroatoms.